The first-order chi connectivity index (χ1) is 8.06. The first-order valence-corrected chi connectivity index (χ1v) is 5.83. The number of hydrogen-bond donors (Lipinski definition) is 1. The number of rotatable bonds is 3. The normalized spacial score (nSPS) is 20.7. The van der Waals surface area contributed by atoms with Crippen LogP contribution in [0.1, 0.15) is 12.0 Å². The van der Waals surface area contributed by atoms with Gasteiger partial charge in [-0.3, -0.25) is 9.69 Å². The largest absolute Gasteiger partial charge is 0.481 e. The molecule has 0 spiro atoms. The molecule has 1 aromatic rings. The number of likely N-dealkylation sites (tertiary alicyclic amines) is 1. The van der Waals surface area contributed by atoms with Crippen molar-refractivity contribution in [1.29, 1.82) is 0 Å². The molecule has 3 nitrogen and oxygen atoms in total. The maximum Gasteiger partial charge on any atom is 0.307 e. The van der Waals surface area contributed by atoms with Gasteiger partial charge in [0.25, 0.3) is 0 Å². The average molecular weight is 258 g/mol. The summed E-state index contributed by atoms with van der Waals surface area (Å²) >= 11 is 5.69. The predicted octanol–water partition coefficient (Wildman–Crippen LogP) is 2.39. The van der Waals surface area contributed by atoms with E-state index in [2.05, 4.69) is 0 Å². The van der Waals surface area contributed by atoms with Crippen LogP contribution in [0.3, 0.4) is 0 Å². The van der Waals surface area contributed by atoms with Gasteiger partial charge in [0.05, 0.1) is 10.9 Å². The minimum Gasteiger partial charge on any atom is -0.481 e. The van der Waals surface area contributed by atoms with Gasteiger partial charge in [-0.1, -0.05) is 17.7 Å². The van der Waals surface area contributed by atoms with Crippen LogP contribution in [0, 0.1) is 11.7 Å². The lowest BCUT2D eigenvalue weighted by molar-refractivity contribution is -0.141. The Morgan fingerprint density at radius 2 is 2.35 bits per heavy atom. The first kappa shape index (κ1) is 12.3. The number of carboxylic acid groups (broad SMARTS) is 1. The molecular formula is C12H13ClFNO2. The topological polar surface area (TPSA) is 40.5 Å². The van der Waals surface area contributed by atoms with Crippen LogP contribution in [-0.4, -0.2) is 29.1 Å². The van der Waals surface area contributed by atoms with Gasteiger partial charge in [-0.25, -0.2) is 4.39 Å². The predicted molar refractivity (Wildman–Crippen MR) is 62.4 cm³/mol. The van der Waals surface area contributed by atoms with Gasteiger partial charge in [0.1, 0.15) is 5.82 Å². The third kappa shape index (κ3) is 2.96. The molecule has 1 heterocycles. The highest BCUT2D eigenvalue weighted by molar-refractivity contribution is 6.30. The Bertz CT molecular complexity index is 439. The van der Waals surface area contributed by atoms with Crippen LogP contribution in [0.15, 0.2) is 18.2 Å². The van der Waals surface area contributed by atoms with E-state index in [4.69, 9.17) is 16.7 Å². The number of nitrogens with zero attached hydrogens (tertiary/aromatic N) is 1. The number of halogens is 2. The molecule has 17 heavy (non-hydrogen) atoms. The van der Waals surface area contributed by atoms with E-state index in [1.54, 1.807) is 12.1 Å². The summed E-state index contributed by atoms with van der Waals surface area (Å²) < 4.78 is 13.0. The summed E-state index contributed by atoms with van der Waals surface area (Å²) in [4.78, 5) is 12.8. The summed E-state index contributed by atoms with van der Waals surface area (Å²) in [6.45, 7) is 1.92. The summed E-state index contributed by atoms with van der Waals surface area (Å²) in [7, 11) is 0. The Kier molecular flexibility index (Phi) is 3.64. The van der Waals surface area contributed by atoms with Gasteiger partial charge in [-0.15, -0.1) is 0 Å². The van der Waals surface area contributed by atoms with Crippen LogP contribution < -0.4 is 0 Å². The van der Waals surface area contributed by atoms with Gasteiger partial charge in [0.15, 0.2) is 0 Å². The van der Waals surface area contributed by atoms with Crippen LogP contribution in [0.2, 0.25) is 5.02 Å². The number of hydrogen-bond acceptors (Lipinski definition) is 2. The molecule has 0 aliphatic carbocycles. The molecule has 1 aliphatic heterocycles. The number of carboxylic acids is 1. The standard InChI is InChI=1S/C12H13ClFNO2/c13-10-5-8(1-2-11(10)14)6-15-4-3-9(7-15)12(16)17/h1-2,5,9H,3-4,6-7H2,(H,16,17). The summed E-state index contributed by atoms with van der Waals surface area (Å²) in [5.41, 5.74) is 0.905. The van der Waals surface area contributed by atoms with E-state index in [0.29, 0.717) is 19.5 Å². The maximum atomic E-state index is 13.0. The van der Waals surface area contributed by atoms with Crippen molar-refractivity contribution in [3.63, 3.8) is 0 Å². The molecule has 1 fully saturated rings. The fourth-order valence-corrected chi connectivity index (χ4v) is 2.28. The summed E-state index contributed by atoms with van der Waals surface area (Å²) in [5, 5.41) is 8.99. The molecule has 1 aromatic carbocycles. The number of aliphatic carboxylic acids is 1. The molecular weight excluding hydrogens is 245 g/mol. The van der Waals surface area contributed by atoms with Crippen molar-refractivity contribution < 1.29 is 14.3 Å². The van der Waals surface area contributed by atoms with Crippen molar-refractivity contribution in [2.45, 2.75) is 13.0 Å². The van der Waals surface area contributed by atoms with Crippen molar-refractivity contribution >= 4 is 17.6 Å². The second-order valence-electron chi connectivity index (χ2n) is 4.31. The molecule has 1 saturated heterocycles. The Morgan fingerprint density at radius 3 is 2.94 bits per heavy atom. The van der Waals surface area contributed by atoms with Crippen LogP contribution >= 0.6 is 11.6 Å². The molecule has 0 amide bonds. The van der Waals surface area contributed by atoms with Gasteiger partial charge in [0, 0.05) is 13.1 Å². The van der Waals surface area contributed by atoms with E-state index in [-0.39, 0.29) is 10.9 Å². The average Bonchev–Trinajstić information content (AvgIpc) is 2.72. The molecule has 0 saturated carbocycles. The third-order valence-corrected chi connectivity index (χ3v) is 3.30. The van der Waals surface area contributed by atoms with Crippen LogP contribution in [-0.2, 0) is 11.3 Å². The number of benzene rings is 1. The smallest absolute Gasteiger partial charge is 0.307 e. The fourth-order valence-electron chi connectivity index (χ4n) is 2.07. The van der Waals surface area contributed by atoms with Gasteiger partial charge >= 0.3 is 5.97 Å². The highest BCUT2D eigenvalue weighted by Gasteiger charge is 2.27. The Balaban J connectivity index is 1.98. The lowest BCUT2D eigenvalue weighted by Gasteiger charge is -2.15. The van der Waals surface area contributed by atoms with Gasteiger partial charge in [-0.2, -0.15) is 0 Å². The molecule has 2 rings (SSSR count). The molecule has 1 N–H and O–H groups in total. The SMILES string of the molecule is O=C(O)C1CCN(Cc2ccc(F)c(Cl)c2)C1. The molecule has 1 unspecified atom stereocenters. The molecule has 92 valence electrons. The van der Waals surface area contributed by atoms with E-state index in [1.165, 1.54) is 6.07 Å². The van der Waals surface area contributed by atoms with E-state index in [1.807, 2.05) is 4.90 Å². The maximum absolute atomic E-state index is 13.0. The van der Waals surface area contributed by atoms with E-state index < -0.39 is 11.8 Å². The molecule has 0 aromatic heterocycles. The fraction of sp³-hybridized carbons (Fsp3) is 0.417. The molecule has 0 radical (unpaired) electrons. The monoisotopic (exact) mass is 257 g/mol. The van der Waals surface area contributed by atoms with Crippen LogP contribution in [0.5, 0.6) is 0 Å². The van der Waals surface area contributed by atoms with Crippen molar-refractivity contribution in [3.05, 3.63) is 34.6 Å². The second kappa shape index (κ2) is 5.02. The molecule has 0 bridgehead atoms. The zero-order valence-corrected chi connectivity index (χ0v) is 9.95. The van der Waals surface area contributed by atoms with Crippen LogP contribution in [0.4, 0.5) is 4.39 Å². The lowest BCUT2D eigenvalue weighted by atomic mass is 10.1. The van der Waals surface area contributed by atoms with Crippen molar-refractivity contribution in [3.8, 4) is 0 Å². The Hall–Kier alpha value is -1.13. The van der Waals surface area contributed by atoms with Crippen LogP contribution in [0.25, 0.3) is 0 Å². The van der Waals surface area contributed by atoms with Crippen molar-refractivity contribution in [2.24, 2.45) is 5.92 Å². The molecule has 5 heteroatoms. The third-order valence-electron chi connectivity index (χ3n) is 3.01. The van der Waals surface area contributed by atoms with Gasteiger partial charge < -0.3 is 5.11 Å². The Labute approximate surface area is 104 Å². The lowest BCUT2D eigenvalue weighted by Crippen LogP contribution is -2.22. The van der Waals surface area contributed by atoms with E-state index in [0.717, 1.165) is 12.1 Å². The van der Waals surface area contributed by atoms with E-state index >= 15 is 0 Å². The summed E-state index contributed by atoms with van der Waals surface area (Å²) in [6.07, 6.45) is 0.671. The van der Waals surface area contributed by atoms with E-state index in [9.17, 15) is 9.18 Å². The van der Waals surface area contributed by atoms with Gasteiger partial charge in [-0.05, 0) is 30.7 Å². The molecule has 1 atom stereocenters. The zero-order chi connectivity index (χ0) is 12.4. The quantitative estimate of drug-likeness (QED) is 0.904. The minimum atomic E-state index is -0.746. The van der Waals surface area contributed by atoms with Crippen molar-refractivity contribution in [1.82, 2.24) is 4.90 Å². The first-order valence-electron chi connectivity index (χ1n) is 5.45. The zero-order valence-electron chi connectivity index (χ0n) is 9.20. The second-order valence-corrected chi connectivity index (χ2v) is 4.71. The summed E-state index contributed by atoms with van der Waals surface area (Å²) in [6, 6.07) is 4.60. The highest BCUT2D eigenvalue weighted by Crippen LogP contribution is 2.21. The Morgan fingerprint density at radius 1 is 1.59 bits per heavy atom. The molecule has 1 aliphatic rings. The highest BCUT2D eigenvalue weighted by atomic mass is 35.5. The summed E-state index contributed by atoms with van der Waals surface area (Å²) in [5.74, 6) is -1.46. The van der Waals surface area contributed by atoms with Gasteiger partial charge in [0.2, 0.25) is 0 Å². The minimum absolute atomic E-state index is 0.108. The number of carbonyl (C=O) groups is 1. The van der Waals surface area contributed by atoms with Crippen molar-refractivity contribution in [2.75, 3.05) is 13.1 Å².